The maximum atomic E-state index is 11.9. The van der Waals surface area contributed by atoms with E-state index in [0.29, 0.717) is 0 Å². The van der Waals surface area contributed by atoms with Gasteiger partial charge in [0.1, 0.15) is 11.6 Å². The average molecular weight is 289 g/mol. The Morgan fingerprint density at radius 1 is 0.950 bits per heavy atom. The Morgan fingerprint density at radius 3 is 1.75 bits per heavy atom. The van der Waals surface area contributed by atoms with Crippen LogP contribution in [0, 0.1) is 0 Å². The predicted molar refractivity (Wildman–Crippen MR) is 76.3 cm³/mol. The fraction of sp³-hybridized carbons (Fsp3) is 0.200. The molecule has 1 aliphatic rings. The Hall–Kier alpha value is -1.69. The molecule has 0 bridgehead atoms. The van der Waals surface area contributed by atoms with Crippen LogP contribution in [-0.4, -0.2) is 14.5 Å². The molecule has 1 fully saturated rings. The Morgan fingerprint density at radius 2 is 1.40 bits per heavy atom. The lowest BCUT2D eigenvalue weighted by atomic mass is 9.80. The Balaban J connectivity index is 2.25. The van der Waals surface area contributed by atoms with Gasteiger partial charge in [0, 0.05) is 0 Å². The normalized spacial score (nSPS) is 23.6. The average Bonchev–Trinajstić information content (AvgIpc) is 2.71. The van der Waals surface area contributed by atoms with Crippen molar-refractivity contribution < 1.29 is 12.6 Å². The van der Waals surface area contributed by atoms with Gasteiger partial charge in [-0.05, 0) is 18.1 Å². The highest BCUT2D eigenvalue weighted by Crippen LogP contribution is 2.39. The molecule has 0 aliphatic carbocycles. The molecule has 2 aromatic carbocycles. The van der Waals surface area contributed by atoms with Gasteiger partial charge in [-0.15, -0.1) is 0 Å². The summed E-state index contributed by atoms with van der Waals surface area (Å²) in [6.45, 7) is 1.76. The molecule has 4 nitrogen and oxygen atoms in total. The summed E-state index contributed by atoms with van der Waals surface area (Å²) < 4.78 is 31.6. The number of benzene rings is 2. The molecule has 5 heteroatoms. The molecule has 1 N–H and O–H groups in total. The van der Waals surface area contributed by atoms with Gasteiger partial charge >= 0.3 is 10.3 Å². The van der Waals surface area contributed by atoms with E-state index in [0.717, 1.165) is 11.1 Å². The molecule has 0 aromatic heterocycles. The van der Waals surface area contributed by atoms with Gasteiger partial charge in [0.05, 0.1) is 0 Å². The SMILES string of the molecule is CC1OS(=O)(=O)NC1(c1ccccc1)c1ccccc1. The third-order valence-corrected chi connectivity index (χ3v) is 4.74. The van der Waals surface area contributed by atoms with Gasteiger partial charge in [0.25, 0.3) is 0 Å². The van der Waals surface area contributed by atoms with Crippen LogP contribution in [0.1, 0.15) is 18.1 Å². The van der Waals surface area contributed by atoms with Crippen molar-refractivity contribution in [3.8, 4) is 0 Å². The minimum absolute atomic E-state index is 0.530. The maximum absolute atomic E-state index is 11.9. The first-order valence-corrected chi connectivity index (χ1v) is 7.79. The van der Waals surface area contributed by atoms with Crippen LogP contribution in [0.4, 0.5) is 0 Å². The Kier molecular flexibility index (Phi) is 3.12. The van der Waals surface area contributed by atoms with Crippen LogP contribution >= 0.6 is 0 Å². The molecular weight excluding hydrogens is 274 g/mol. The van der Waals surface area contributed by atoms with E-state index in [1.807, 2.05) is 60.7 Å². The lowest BCUT2D eigenvalue weighted by molar-refractivity contribution is 0.195. The molecule has 3 rings (SSSR count). The van der Waals surface area contributed by atoms with Crippen LogP contribution < -0.4 is 4.72 Å². The van der Waals surface area contributed by atoms with E-state index in [4.69, 9.17) is 4.18 Å². The molecule has 1 atom stereocenters. The lowest BCUT2D eigenvalue weighted by Crippen LogP contribution is -2.45. The molecule has 1 aliphatic heterocycles. The summed E-state index contributed by atoms with van der Waals surface area (Å²) in [7, 11) is -3.75. The lowest BCUT2D eigenvalue weighted by Gasteiger charge is -2.31. The molecule has 104 valence electrons. The zero-order valence-electron chi connectivity index (χ0n) is 11.0. The fourth-order valence-corrected chi connectivity index (χ4v) is 4.09. The van der Waals surface area contributed by atoms with Crippen molar-refractivity contribution in [3.63, 3.8) is 0 Å². The predicted octanol–water partition coefficient (Wildman–Crippen LogP) is 2.18. The van der Waals surface area contributed by atoms with Crippen LogP contribution in [0.3, 0.4) is 0 Å². The zero-order valence-corrected chi connectivity index (χ0v) is 11.8. The van der Waals surface area contributed by atoms with Crippen LogP contribution in [0.2, 0.25) is 0 Å². The van der Waals surface area contributed by atoms with E-state index >= 15 is 0 Å². The minimum atomic E-state index is -3.75. The van der Waals surface area contributed by atoms with Crippen molar-refractivity contribution in [2.75, 3.05) is 0 Å². The minimum Gasteiger partial charge on any atom is -0.252 e. The van der Waals surface area contributed by atoms with E-state index in [1.165, 1.54) is 0 Å². The summed E-state index contributed by atoms with van der Waals surface area (Å²) in [5.74, 6) is 0. The van der Waals surface area contributed by atoms with Gasteiger partial charge in [-0.1, -0.05) is 60.7 Å². The summed E-state index contributed by atoms with van der Waals surface area (Å²) in [6, 6.07) is 19.0. The summed E-state index contributed by atoms with van der Waals surface area (Å²) in [4.78, 5) is 0. The molecule has 1 saturated heterocycles. The van der Waals surface area contributed by atoms with Crippen LogP contribution in [0.15, 0.2) is 60.7 Å². The van der Waals surface area contributed by atoms with Crippen LogP contribution in [0.25, 0.3) is 0 Å². The molecule has 0 spiro atoms. The third kappa shape index (κ3) is 2.04. The molecular formula is C15H15NO3S. The quantitative estimate of drug-likeness (QED) is 0.922. The second-order valence-corrected chi connectivity index (χ2v) is 6.14. The van der Waals surface area contributed by atoms with Crippen molar-refractivity contribution in [3.05, 3.63) is 71.8 Å². The maximum Gasteiger partial charge on any atom is 0.337 e. The second-order valence-electron chi connectivity index (χ2n) is 4.83. The monoisotopic (exact) mass is 289 g/mol. The van der Waals surface area contributed by atoms with Crippen molar-refractivity contribution in [1.82, 2.24) is 4.72 Å². The number of hydrogen-bond acceptors (Lipinski definition) is 3. The summed E-state index contributed by atoms with van der Waals surface area (Å²) in [5.41, 5.74) is 0.834. The highest BCUT2D eigenvalue weighted by atomic mass is 32.2. The first-order valence-electron chi connectivity index (χ1n) is 6.38. The molecule has 2 aromatic rings. The van der Waals surface area contributed by atoms with Gasteiger partial charge in [-0.25, -0.2) is 0 Å². The topological polar surface area (TPSA) is 55.4 Å². The van der Waals surface area contributed by atoms with Gasteiger partial charge in [-0.2, -0.15) is 13.1 Å². The van der Waals surface area contributed by atoms with Crippen LogP contribution in [-0.2, 0) is 20.0 Å². The van der Waals surface area contributed by atoms with Crippen LogP contribution in [0.5, 0.6) is 0 Å². The summed E-state index contributed by atoms with van der Waals surface area (Å²) >= 11 is 0. The second kappa shape index (κ2) is 4.70. The summed E-state index contributed by atoms with van der Waals surface area (Å²) in [6.07, 6.45) is -0.530. The number of nitrogens with one attached hydrogen (secondary N) is 1. The van der Waals surface area contributed by atoms with Crippen molar-refractivity contribution in [2.24, 2.45) is 0 Å². The highest BCUT2D eigenvalue weighted by molar-refractivity contribution is 7.85. The van der Waals surface area contributed by atoms with Crippen molar-refractivity contribution >= 4 is 10.3 Å². The zero-order chi connectivity index (χ0) is 14.2. The fourth-order valence-electron chi connectivity index (χ4n) is 2.72. The van der Waals surface area contributed by atoms with E-state index < -0.39 is 21.9 Å². The molecule has 0 saturated carbocycles. The molecule has 1 heterocycles. The molecule has 0 radical (unpaired) electrons. The highest BCUT2D eigenvalue weighted by Gasteiger charge is 2.51. The van der Waals surface area contributed by atoms with Gasteiger partial charge in [0.15, 0.2) is 0 Å². The van der Waals surface area contributed by atoms with Gasteiger partial charge in [-0.3, -0.25) is 4.18 Å². The Labute approximate surface area is 118 Å². The molecule has 0 amide bonds. The van der Waals surface area contributed by atoms with Crippen molar-refractivity contribution in [1.29, 1.82) is 0 Å². The van der Waals surface area contributed by atoms with E-state index in [-0.39, 0.29) is 0 Å². The third-order valence-electron chi connectivity index (χ3n) is 3.63. The summed E-state index contributed by atoms with van der Waals surface area (Å²) in [5, 5.41) is 0. The van der Waals surface area contributed by atoms with E-state index in [1.54, 1.807) is 6.92 Å². The standard InChI is InChI=1S/C15H15NO3S/c1-12-15(16-20(17,18)19-12,13-8-4-2-5-9-13)14-10-6-3-7-11-14/h2-12,16H,1H3. The van der Waals surface area contributed by atoms with E-state index in [9.17, 15) is 8.42 Å². The van der Waals surface area contributed by atoms with Gasteiger partial charge in [0.2, 0.25) is 0 Å². The van der Waals surface area contributed by atoms with Gasteiger partial charge < -0.3 is 0 Å². The van der Waals surface area contributed by atoms with E-state index in [2.05, 4.69) is 4.72 Å². The first kappa shape index (κ1) is 13.3. The smallest absolute Gasteiger partial charge is 0.252 e. The first-order chi connectivity index (χ1) is 9.55. The molecule has 20 heavy (non-hydrogen) atoms. The largest absolute Gasteiger partial charge is 0.337 e. The number of rotatable bonds is 2. The Bertz CT molecular complexity index is 659. The van der Waals surface area contributed by atoms with Crippen molar-refractivity contribution in [2.45, 2.75) is 18.6 Å². The number of hydrogen-bond donors (Lipinski definition) is 1. The molecule has 1 unspecified atom stereocenters.